The standard InChI is InChI=1S/C11H18N4O/c1-6-7(2)12-9(16)8-13-10(15-14-8)11(3,4)5/h6-7H,1H2,2-5H3,(H,12,16)(H,13,14,15). The molecule has 0 saturated carbocycles. The van der Waals surface area contributed by atoms with Gasteiger partial charge < -0.3 is 5.32 Å². The second kappa shape index (κ2) is 4.47. The van der Waals surface area contributed by atoms with E-state index >= 15 is 0 Å². The minimum absolute atomic E-state index is 0.0934. The Hall–Kier alpha value is -1.65. The molecule has 0 bridgehead atoms. The van der Waals surface area contributed by atoms with Crippen LogP contribution in [0.3, 0.4) is 0 Å². The number of H-pyrrole nitrogens is 1. The number of aromatic amines is 1. The maximum atomic E-state index is 11.7. The van der Waals surface area contributed by atoms with E-state index in [9.17, 15) is 4.79 Å². The van der Waals surface area contributed by atoms with Gasteiger partial charge in [-0.15, -0.1) is 11.7 Å². The molecule has 0 aromatic carbocycles. The Balaban J connectivity index is 2.78. The van der Waals surface area contributed by atoms with E-state index in [1.54, 1.807) is 6.08 Å². The Morgan fingerprint density at radius 1 is 1.56 bits per heavy atom. The van der Waals surface area contributed by atoms with Crippen LogP contribution in [0.25, 0.3) is 0 Å². The van der Waals surface area contributed by atoms with Gasteiger partial charge in [-0.05, 0) is 6.92 Å². The number of aromatic nitrogens is 3. The molecule has 0 saturated heterocycles. The smallest absolute Gasteiger partial charge is 0.291 e. The molecule has 0 aliphatic carbocycles. The van der Waals surface area contributed by atoms with Gasteiger partial charge in [-0.3, -0.25) is 9.89 Å². The van der Waals surface area contributed by atoms with Gasteiger partial charge in [0.05, 0.1) is 0 Å². The zero-order valence-corrected chi connectivity index (χ0v) is 10.2. The lowest BCUT2D eigenvalue weighted by Crippen LogP contribution is -2.31. The number of amides is 1. The summed E-state index contributed by atoms with van der Waals surface area (Å²) < 4.78 is 0. The summed E-state index contributed by atoms with van der Waals surface area (Å²) >= 11 is 0. The van der Waals surface area contributed by atoms with Crippen LogP contribution in [0.5, 0.6) is 0 Å². The van der Waals surface area contributed by atoms with Crippen molar-refractivity contribution < 1.29 is 4.79 Å². The minimum Gasteiger partial charge on any atom is -0.343 e. The van der Waals surface area contributed by atoms with E-state index in [1.165, 1.54) is 0 Å². The van der Waals surface area contributed by atoms with E-state index in [-0.39, 0.29) is 23.2 Å². The molecule has 2 N–H and O–H groups in total. The third-order valence-corrected chi connectivity index (χ3v) is 2.11. The molecule has 16 heavy (non-hydrogen) atoms. The molecular formula is C11H18N4O. The fraction of sp³-hybridized carbons (Fsp3) is 0.545. The van der Waals surface area contributed by atoms with Crippen molar-refractivity contribution in [2.45, 2.75) is 39.2 Å². The summed E-state index contributed by atoms with van der Waals surface area (Å²) in [4.78, 5) is 15.8. The van der Waals surface area contributed by atoms with Crippen molar-refractivity contribution in [3.63, 3.8) is 0 Å². The molecule has 5 heteroatoms. The van der Waals surface area contributed by atoms with Crippen LogP contribution >= 0.6 is 0 Å². The van der Waals surface area contributed by atoms with E-state index in [0.29, 0.717) is 5.82 Å². The van der Waals surface area contributed by atoms with Crippen molar-refractivity contribution in [1.82, 2.24) is 20.5 Å². The van der Waals surface area contributed by atoms with Gasteiger partial charge in [0, 0.05) is 11.5 Å². The van der Waals surface area contributed by atoms with Gasteiger partial charge in [-0.1, -0.05) is 26.8 Å². The first-order chi connectivity index (χ1) is 7.34. The van der Waals surface area contributed by atoms with Crippen LogP contribution < -0.4 is 5.32 Å². The van der Waals surface area contributed by atoms with Gasteiger partial charge in [-0.2, -0.15) is 0 Å². The zero-order valence-electron chi connectivity index (χ0n) is 10.2. The number of carbonyl (C=O) groups is 1. The Kier molecular flexibility index (Phi) is 3.47. The predicted octanol–water partition coefficient (Wildman–Crippen LogP) is 1.41. The van der Waals surface area contributed by atoms with Crippen LogP contribution in [0.2, 0.25) is 0 Å². The SMILES string of the molecule is C=CC(C)NC(=O)c1n[nH]c(C(C)(C)C)n1. The van der Waals surface area contributed by atoms with Gasteiger partial charge in [0.2, 0.25) is 5.82 Å². The molecule has 0 fully saturated rings. The maximum absolute atomic E-state index is 11.7. The second-order valence-corrected chi connectivity index (χ2v) is 4.76. The number of hydrogen-bond donors (Lipinski definition) is 2. The molecule has 0 aliphatic rings. The fourth-order valence-electron chi connectivity index (χ4n) is 1.03. The van der Waals surface area contributed by atoms with E-state index in [4.69, 9.17) is 0 Å². The number of nitrogens with zero attached hydrogens (tertiary/aromatic N) is 2. The monoisotopic (exact) mass is 222 g/mol. The van der Waals surface area contributed by atoms with E-state index in [1.807, 2.05) is 27.7 Å². The number of rotatable bonds is 3. The summed E-state index contributed by atoms with van der Waals surface area (Å²) in [5, 5.41) is 9.37. The molecule has 0 aliphatic heterocycles. The van der Waals surface area contributed by atoms with Gasteiger partial charge in [0.25, 0.3) is 5.91 Å². The highest BCUT2D eigenvalue weighted by Crippen LogP contribution is 2.17. The molecule has 1 aromatic rings. The van der Waals surface area contributed by atoms with Crippen molar-refractivity contribution in [1.29, 1.82) is 0 Å². The van der Waals surface area contributed by atoms with Crippen molar-refractivity contribution in [3.05, 3.63) is 24.3 Å². The number of carbonyl (C=O) groups excluding carboxylic acids is 1. The first-order valence-corrected chi connectivity index (χ1v) is 5.21. The summed E-state index contributed by atoms with van der Waals surface area (Å²) in [7, 11) is 0. The minimum atomic E-state index is -0.292. The predicted molar refractivity (Wildman–Crippen MR) is 62.2 cm³/mol. The van der Waals surface area contributed by atoms with Crippen LogP contribution in [-0.4, -0.2) is 27.1 Å². The molecule has 1 aromatic heterocycles. The van der Waals surface area contributed by atoms with Crippen molar-refractivity contribution in [2.24, 2.45) is 0 Å². The van der Waals surface area contributed by atoms with Crippen LogP contribution in [0, 0.1) is 0 Å². The quantitative estimate of drug-likeness (QED) is 0.759. The summed E-state index contributed by atoms with van der Waals surface area (Å²) in [5.41, 5.74) is -0.143. The lowest BCUT2D eigenvalue weighted by Gasteiger charge is -2.12. The average Bonchev–Trinajstić information content (AvgIpc) is 2.65. The molecule has 1 unspecified atom stereocenters. The zero-order chi connectivity index (χ0) is 12.3. The molecule has 88 valence electrons. The molecule has 1 rings (SSSR count). The summed E-state index contributed by atoms with van der Waals surface area (Å²) in [5.74, 6) is 0.571. The molecule has 1 heterocycles. The number of nitrogens with one attached hydrogen (secondary N) is 2. The normalized spacial score (nSPS) is 13.2. The van der Waals surface area contributed by atoms with Crippen molar-refractivity contribution in [2.75, 3.05) is 0 Å². The molecule has 0 spiro atoms. The maximum Gasteiger partial charge on any atom is 0.291 e. The molecule has 1 amide bonds. The first kappa shape index (κ1) is 12.4. The summed E-state index contributed by atoms with van der Waals surface area (Å²) in [6, 6.07) is -0.0934. The van der Waals surface area contributed by atoms with E-state index < -0.39 is 0 Å². The van der Waals surface area contributed by atoms with Crippen LogP contribution in [0.1, 0.15) is 44.1 Å². The van der Waals surface area contributed by atoms with Gasteiger partial charge in [-0.25, -0.2) is 4.98 Å². The Morgan fingerprint density at radius 2 is 2.19 bits per heavy atom. The molecule has 0 radical (unpaired) electrons. The Morgan fingerprint density at radius 3 is 2.62 bits per heavy atom. The van der Waals surface area contributed by atoms with E-state index in [0.717, 1.165) is 0 Å². The Labute approximate surface area is 95.4 Å². The van der Waals surface area contributed by atoms with Crippen LogP contribution in [0.4, 0.5) is 0 Å². The molecule has 1 atom stereocenters. The fourth-order valence-corrected chi connectivity index (χ4v) is 1.03. The second-order valence-electron chi connectivity index (χ2n) is 4.76. The topological polar surface area (TPSA) is 70.7 Å². The van der Waals surface area contributed by atoms with Crippen molar-refractivity contribution in [3.8, 4) is 0 Å². The highest BCUT2D eigenvalue weighted by atomic mass is 16.2. The Bertz CT molecular complexity index is 389. The first-order valence-electron chi connectivity index (χ1n) is 5.21. The highest BCUT2D eigenvalue weighted by Gasteiger charge is 2.21. The average molecular weight is 222 g/mol. The van der Waals surface area contributed by atoms with E-state index in [2.05, 4.69) is 27.1 Å². The lowest BCUT2D eigenvalue weighted by atomic mass is 9.96. The van der Waals surface area contributed by atoms with Crippen molar-refractivity contribution >= 4 is 5.91 Å². The number of hydrogen-bond acceptors (Lipinski definition) is 3. The van der Waals surface area contributed by atoms with Crippen LogP contribution in [0.15, 0.2) is 12.7 Å². The van der Waals surface area contributed by atoms with Gasteiger partial charge >= 0.3 is 0 Å². The highest BCUT2D eigenvalue weighted by molar-refractivity contribution is 5.90. The molecular weight excluding hydrogens is 204 g/mol. The lowest BCUT2D eigenvalue weighted by molar-refractivity contribution is 0.0937. The summed E-state index contributed by atoms with van der Waals surface area (Å²) in [6.45, 7) is 11.4. The third kappa shape index (κ3) is 2.92. The van der Waals surface area contributed by atoms with Gasteiger partial charge in [0.1, 0.15) is 5.82 Å². The van der Waals surface area contributed by atoms with Gasteiger partial charge in [0.15, 0.2) is 0 Å². The molecule has 5 nitrogen and oxygen atoms in total. The van der Waals surface area contributed by atoms with Crippen LogP contribution in [-0.2, 0) is 5.41 Å². The third-order valence-electron chi connectivity index (χ3n) is 2.11. The largest absolute Gasteiger partial charge is 0.343 e. The summed E-state index contributed by atoms with van der Waals surface area (Å²) in [6.07, 6.45) is 1.65.